The van der Waals surface area contributed by atoms with E-state index in [4.69, 9.17) is 0 Å². The van der Waals surface area contributed by atoms with E-state index in [-0.39, 0.29) is 23.5 Å². The highest BCUT2D eigenvalue weighted by Gasteiger charge is 2.38. The fraction of sp³-hybridized carbons (Fsp3) is 0.176. The van der Waals surface area contributed by atoms with Gasteiger partial charge in [0.05, 0.1) is 5.57 Å². The van der Waals surface area contributed by atoms with Crippen LogP contribution in [0.15, 0.2) is 47.5 Å². The number of thiophene rings is 1. The van der Waals surface area contributed by atoms with Gasteiger partial charge in [0.25, 0.3) is 11.8 Å². The molecular weight excluding hydrogens is 369 g/mol. The first kappa shape index (κ1) is 18.0. The molecule has 5 nitrogen and oxygen atoms in total. The number of nitrogens with one attached hydrogen (secondary N) is 1. The summed E-state index contributed by atoms with van der Waals surface area (Å²) in [4.78, 5) is 26.8. The summed E-state index contributed by atoms with van der Waals surface area (Å²) in [6, 6.07) is 8.54. The molecule has 1 aromatic carbocycles. The Bertz CT molecular complexity index is 876. The van der Waals surface area contributed by atoms with Crippen LogP contribution in [0, 0.1) is 0 Å². The van der Waals surface area contributed by atoms with Gasteiger partial charge in [-0.1, -0.05) is 12.1 Å². The zero-order chi connectivity index (χ0) is 18.9. The Morgan fingerprint density at radius 2 is 1.92 bits per heavy atom. The van der Waals surface area contributed by atoms with Crippen LogP contribution in [0.1, 0.15) is 11.8 Å². The minimum atomic E-state index is -4.82. The van der Waals surface area contributed by atoms with E-state index >= 15 is 0 Å². The van der Waals surface area contributed by atoms with Gasteiger partial charge in [-0.3, -0.25) is 14.5 Å². The molecule has 2 aromatic rings. The topological polar surface area (TPSA) is 58.6 Å². The molecule has 1 aliphatic heterocycles. The van der Waals surface area contributed by atoms with Crippen molar-refractivity contribution >= 4 is 34.4 Å². The lowest BCUT2D eigenvalue weighted by Crippen LogP contribution is -2.32. The van der Waals surface area contributed by atoms with Crippen molar-refractivity contribution in [1.82, 2.24) is 4.90 Å². The molecule has 0 spiro atoms. The van der Waals surface area contributed by atoms with Gasteiger partial charge in [-0.05, 0) is 30.5 Å². The lowest BCUT2D eigenvalue weighted by molar-refractivity contribution is -0.274. The molecule has 2 amide bonds. The van der Waals surface area contributed by atoms with Gasteiger partial charge in [0.15, 0.2) is 0 Å². The molecule has 3 rings (SSSR count). The average Bonchev–Trinajstić information content (AvgIpc) is 3.14. The first-order valence-corrected chi connectivity index (χ1v) is 8.45. The van der Waals surface area contributed by atoms with E-state index in [1.54, 1.807) is 24.4 Å². The van der Waals surface area contributed by atoms with E-state index in [1.165, 1.54) is 23.5 Å². The zero-order valence-corrected chi connectivity index (χ0v) is 14.3. The van der Waals surface area contributed by atoms with E-state index in [0.717, 1.165) is 17.0 Å². The number of hydrogen-bond donors (Lipinski definition) is 1. The Hall–Kier alpha value is -2.81. The van der Waals surface area contributed by atoms with Crippen molar-refractivity contribution in [3.05, 3.63) is 52.4 Å². The molecule has 0 saturated heterocycles. The maximum Gasteiger partial charge on any atom is 0.573 e. The summed E-state index contributed by atoms with van der Waals surface area (Å²) in [6.07, 6.45) is -4.82. The summed E-state index contributed by atoms with van der Waals surface area (Å²) < 4.78 is 41.0. The molecule has 1 aliphatic rings. The number of ether oxygens (including phenoxy) is 1. The minimum absolute atomic E-state index is 0.0310. The number of benzene rings is 1. The van der Waals surface area contributed by atoms with Crippen molar-refractivity contribution in [2.24, 2.45) is 0 Å². The van der Waals surface area contributed by atoms with Crippen LogP contribution >= 0.6 is 11.3 Å². The van der Waals surface area contributed by atoms with Crippen LogP contribution < -0.4 is 10.1 Å². The fourth-order valence-corrected chi connectivity index (χ4v) is 3.31. The molecule has 26 heavy (non-hydrogen) atoms. The molecule has 0 unspecified atom stereocenters. The van der Waals surface area contributed by atoms with Crippen LogP contribution in [-0.2, 0) is 9.59 Å². The predicted octanol–water partition coefficient (Wildman–Crippen LogP) is 3.86. The first-order valence-electron chi connectivity index (χ1n) is 7.57. The molecular formula is C17H13F3N2O3S. The van der Waals surface area contributed by atoms with Crippen molar-refractivity contribution in [3.63, 3.8) is 0 Å². The first-order chi connectivity index (χ1) is 12.3. The Morgan fingerprint density at radius 3 is 2.54 bits per heavy atom. The molecule has 0 radical (unpaired) electrons. The minimum Gasteiger partial charge on any atom is -0.406 e. The molecule has 9 heteroatoms. The van der Waals surface area contributed by atoms with Gasteiger partial charge < -0.3 is 10.1 Å². The zero-order valence-electron chi connectivity index (χ0n) is 13.5. The molecule has 1 aromatic heterocycles. The van der Waals surface area contributed by atoms with Gasteiger partial charge in [-0.15, -0.1) is 24.5 Å². The number of carbonyl (C=O) groups is 2. The van der Waals surface area contributed by atoms with Gasteiger partial charge in [-0.2, -0.15) is 0 Å². The number of amides is 2. The smallest absolute Gasteiger partial charge is 0.406 e. The Morgan fingerprint density at radius 1 is 1.15 bits per heavy atom. The van der Waals surface area contributed by atoms with Crippen molar-refractivity contribution < 1.29 is 27.5 Å². The summed E-state index contributed by atoms with van der Waals surface area (Å²) in [5.41, 5.74) is 0.437. The summed E-state index contributed by atoms with van der Waals surface area (Å²) >= 11 is 1.29. The highest BCUT2D eigenvalue weighted by molar-refractivity contribution is 7.11. The lowest BCUT2D eigenvalue weighted by atomic mass is 10.2. The van der Waals surface area contributed by atoms with Gasteiger partial charge in [0.2, 0.25) is 0 Å². The van der Waals surface area contributed by atoms with E-state index in [0.29, 0.717) is 4.88 Å². The summed E-state index contributed by atoms with van der Waals surface area (Å²) in [6.45, 7) is 1.86. The number of imide groups is 1. The SMILES string of the molecule is CCN1C(=O)C(Nc2cccc(OC(F)(F)F)c2)=C(c2cccs2)C1=O. The molecule has 1 N–H and O–H groups in total. The summed E-state index contributed by atoms with van der Waals surface area (Å²) in [5.74, 6) is -1.39. The molecule has 0 atom stereocenters. The fourth-order valence-electron chi connectivity index (χ4n) is 2.54. The number of rotatable bonds is 5. The second-order valence-corrected chi connectivity index (χ2v) is 6.23. The molecule has 136 valence electrons. The molecule has 0 saturated carbocycles. The van der Waals surface area contributed by atoms with E-state index in [2.05, 4.69) is 10.1 Å². The Labute approximate surface area is 150 Å². The van der Waals surface area contributed by atoms with Crippen molar-refractivity contribution in [2.45, 2.75) is 13.3 Å². The second kappa shape index (κ2) is 6.83. The van der Waals surface area contributed by atoms with Crippen LogP contribution in [0.4, 0.5) is 18.9 Å². The molecule has 0 aliphatic carbocycles. The maximum atomic E-state index is 12.5. The van der Waals surface area contributed by atoms with Gasteiger partial charge >= 0.3 is 6.36 Å². The number of alkyl halides is 3. The van der Waals surface area contributed by atoms with E-state index in [9.17, 15) is 22.8 Å². The number of likely N-dealkylation sites (N-methyl/N-ethyl adjacent to an activating group) is 1. The van der Waals surface area contributed by atoms with Crippen LogP contribution in [0.3, 0.4) is 0 Å². The number of nitrogens with zero attached hydrogens (tertiary/aromatic N) is 1. The highest BCUT2D eigenvalue weighted by atomic mass is 32.1. The third-order valence-corrected chi connectivity index (χ3v) is 4.48. The largest absolute Gasteiger partial charge is 0.573 e. The standard InChI is InChI=1S/C17H13F3N2O3S/c1-2-22-15(23)13(12-7-4-8-26-12)14(16(22)24)21-10-5-3-6-11(9-10)25-17(18,19)20/h3-9,21H,2H2,1H3. The maximum absolute atomic E-state index is 12.5. The van der Waals surface area contributed by atoms with Gasteiger partial charge in [0, 0.05) is 23.2 Å². The lowest BCUT2D eigenvalue weighted by Gasteiger charge is -2.13. The number of hydrogen-bond acceptors (Lipinski definition) is 5. The highest BCUT2D eigenvalue weighted by Crippen LogP contribution is 2.33. The van der Waals surface area contributed by atoms with Crippen LogP contribution in [-0.4, -0.2) is 29.6 Å². The van der Waals surface area contributed by atoms with E-state index < -0.39 is 23.9 Å². The predicted molar refractivity (Wildman–Crippen MR) is 90.4 cm³/mol. The third-order valence-electron chi connectivity index (χ3n) is 3.59. The van der Waals surface area contributed by atoms with E-state index in [1.807, 2.05) is 0 Å². The van der Waals surface area contributed by atoms with Gasteiger partial charge in [0.1, 0.15) is 11.4 Å². The summed E-state index contributed by atoms with van der Waals surface area (Å²) in [7, 11) is 0. The van der Waals surface area contributed by atoms with Crippen molar-refractivity contribution in [1.29, 1.82) is 0 Å². The Kier molecular flexibility index (Phi) is 4.73. The van der Waals surface area contributed by atoms with Crippen LogP contribution in [0.2, 0.25) is 0 Å². The number of halogens is 3. The van der Waals surface area contributed by atoms with Crippen LogP contribution in [0.5, 0.6) is 5.75 Å². The number of anilines is 1. The number of carbonyl (C=O) groups excluding carboxylic acids is 2. The molecule has 0 bridgehead atoms. The third kappa shape index (κ3) is 3.57. The van der Waals surface area contributed by atoms with Gasteiger partial charge in [-0.25, -0.2) is 0 Å². The quantitative estimate of drug-likeness (QED) is 0.798. The Balaban J connectivity index is 1.97. The summed E-state index contributed by atoms with van der Waals surface area (Å²) in [5, 5.41) is 4.54. The van der Waals surface area contributed by atoms with Crippen molar-refractivity contribution in [2.75, 3.05) is 11.9 Å². The molecule has 0 fully saturated rings. The average molecular weight is 382 g/mol. The monoisotopic (exact) mass is 382 g/mol. The van der Waals surface area contributed by atoms with Crippen LogP contribution in [0.25, 0.3) is 5.57 Å². The van der Waals surface area contributed by atoms with Crippen molar-refractivity contribution in [3.8, 4) is 5.75 Å². The second-order valence-electron chi connectivity index (χ2n) is 5.28. The molecule has 2 heterocycles. The normalized spacial score (nSPS) is 15.0.